The van der Waals surface area contributed by atoms with Crippen LogP contribution in [0.4, 0.5) is 5.82 Å². The highest BCUT2D eigenvalue weighted by atomic mass is 16.5. The Kier molecular flexibility index (Phi) is 6.13. The molecule has 4 rings (SSSR count). The molecule has 1 aromatic heterocycles. The van der Waals surface area contributed by atoms with E-state index >= 15 is 0 Å². The zero-order valence-corrected chi connectivity index (χ0v) is 17.7. The number of likely N-dealkylation sites (tertiary alicyclic amines) is 1. The van der Waals surface area contributed by atoms with Crippen LogP contribution in [0, 0.1) is 12.8 Å². The standard InChI is InChI=1S/C22H32N4O3/c1-15-18-8-9-19(27)26(12-16-6-4-3-5-7-16)22(18)24-21(23-15)17-10-11-25(13-17)20(28)14-29-2/h16-17H,3-14H2,1-2H3. The Labute approximate surface area is 172 Å². The summed E-state index contributed by atoms with van der Waals surface area (Å²) in [5.41, 5.74) is 2.10. The van der Waals surface area contributed by atoms with Crippen molar-refractivity contribution in [1.29, 1.82) is 0 Å². The van der Waals surface area contributed by atoms with Gasteiger partial charge in [-0.2, -0.15) is 0 Å². The number of nitrogens with zero attached hydrogens (tertiary/aromatic N) is 4. The van der Waals surface area contributed by atoms with Crippen LogP contribution >= 0.6 is 0 Å². The fraction of sp³-hybridized carbons (Fsp3) is 0.727. The molecule has 1 atom stereocenters. The minimum absolute atomic E-state index is 0.0128. The summed E-state index contributed by atoms with van der Waals surface area (Å²) in [5, 5.41) is 0. The van der Waals surface area contributed by atoms with E-state index in [1.165, 1.54) is 32.1 Å². The van der Waals surface area contributed by atoms with E-state index in [4.69, 9.17) is 14.7 Å². The lowest BCUT2D eigenvalue weighted by Gasteiger charge is -2.33. The van der Waals surface area contributed by atoms with Gasteiger partial charge in [0.2, 0.25) is 11.8 Å². The van der Waals surface area contributed by atoms with E-state index in [2.05, 4.69) is 0 Å². The SMILES string of the molecule is COCC(=O)N1CCC(c2nc(C)c3c(n2)N(CC2CCCCC2)C(=O)CC3)C1. The van der Waals surface area contributed by atoms with E-state index in [9.17, 15) is 9.59 Å². The van der Waals surface area contributed by atoms with Crippen LogP contribution in [-0.4, -0.2) is 60.0 Å². The molecule has 0 N–H and O–H groups in total. The normalized spacial score (nSPS) is 22.8. The number of amides is 2. The largest absolute Gasteiger partial charge is 0.375 e. The summed E-state index contributed by atoms with van der Waals surface area (Å²) in [6.07, 6.45) is 8.37. The molecule has 0 aromatic carbocycles. The molecule has 0 spiro atoms. The lowest BCUT2D eigenvalue weighted by molar-refractivity contribution is -0.134. The number of carbonyl (C=O) groups is 2. The van der Waals surface area contributed by atoms with E-state index < -0.39 is 0 Å². The maximum atomic E-state index is 12.8. The van der Waals surface area contributed by atoms with E-state index in [-0.39, 0.29) is 24.3 Å². The van der Waals surface area contributed by atoms with Gasteiger partial charge in [0, 0.05) is 50.3 Å². The van der Waals surface area contributed by atoms with Crippen LogP contribution in [0.1, 0.15) is 67.9 Å². The molecule has 2 amide bonds. The number of methoxy groups -OCH3 is 1. The second-order valence-corrected chi connectivity index (χ2v) is 8.74. The minimum atomic E-state index is 0.0128. The van der Waals surface area contributed by atoms with Crippen molar-refractivity contribution < 1.29 is 14.3 Å². The summed E-state index contributed by atoms with van der Waals surface area (Å²) >= 11 is 0. The summed E-state index contributed by atoms with van der Waals surface area (Å²) in [4.78, 5) is 38.4. The van der Waals surface area contributed by atoms with Gasteiger partial charge in [0.15, 0.2) is 0 Å². The molecule has 1 unspecified atom stereocenters. The fourth-order valence-corrected chi connectivity index (χ4v) is 5.01. The van der Waals surface area contributed by atoms with Gasteiger partial charge in [0.1, 0.15) is 18.2 Å². The lowest BCUT2D eigenvalue weighted by Crippen LogP contribution is -2.40. The number of carbonyl (C=O) groups excluding carboxylic acids is 2. The maximum absolute atomic E-state index is 12.8. The van der Waals surface area contributed by atoms with Crippen molar-refractivity contribution in [3.05, 3.63) is 17.1 Å². The predicted octanol–water partition coefficient (Wildman–Crippen LogP) is 2.61. The molecule has 3 aliphatic rings. The summed E-state index contributed by atoms with van der Waals surface area (Å²) in [5.74, 6) is 2.50. The highest BCUT2D eigenvalue weighted by Crippen LogP contribution is 2.34. The Balaban J connectivity index is 1.56. The molecule has 7 heteroatoms. The first-order valence-corrected chi connectivity index (χ1v) is 11.0. The Morgan fingerprint density at radius 1 is 1.14 bits per heavy atom. The summed E-state index contributed by atoms with van der Waals surface area (Å²) in [7, 11) is 1.54. The van der Waals surface area contributed by atoms with E-state index in [1.54, 1.807) is 7.11 Å². The molecule has 0 bridgehead atoms. The van der Waals surface area contributed by atoms with Gasteiger partial charge in [-0.3, -0.25) is 14.5 Å². The van der Waals surface area contributed by atoms with Crippen molar-refractivity contribution in [3.63, 3.8) is 0 Å². The van der Waals surface area contributed by atoms with Crippen molar-refractivity contribution in [1.82, 2.24) is 14.9 Å². The van der Waals surface area contributed by atoms with Crippen molar-refractivity contribution in [3.8, 4) is 0 Å². The highest BCUT2D eigenvalue weighted by molar-refractivity contribution is 5.95. The molecule has 1 saturated carbocycles. The van der Waals surface area contributed by atoms with Gasteiger partial charge in [-0.15, -0.1) is 0 Å². The number of hydrogen-bond donors (Lipinski definition) is 0. The zero-order chi connectivity index (χ0) is 20.4. The molecule has 0 radical (unpaired) electrons. The third kappa shape index (κ3) is 4.29. The second kappa shape index (κ2) is 8.78. The van der Waals surface area contributed by atoms with Crippen LogP contribution in [-0.2, 0) is 20.7 Å². The van der Waals surface area contributed by atoms with Gasteiger partial charge in [0.25, 0.3) is 0 Å². The van der Waals surface area contributed by atoms with Gasteiger partial charge < -0.3 is 9.64 Å². The Morgan fingerprint density at radius 2 is 1.93 bits per heavy atom. The number of anilines is 1. The van der Waals surface area contributed by atoms with E-state index in [1.807, 2.05) is 16.7 Å². The molecule has 1 aliphatic carbocycles. The molecular weight excluding hydrogens is 368 g/mol. The van der Waals surface area contributed by atoms with Crippen LogP contribution in [0.3, 0.4) is 0 Å². The lowest BCUT2D eigenvalue weighted by atomic mass is 9.88. The Bertz CT molecular complexity index is 776. The summed E-state index contributed by atoms with van der Waals surface area (Å²) < 4.78 is 4.98. The molecule has 1 aromatic rings. The quantitative estimate of drug-likeness (QED) is 0.759. The maximum Gasteiger partial charge on any atom is 0.248 e. The van der Waals surface area contributed by atoms with Crippen LogP contribution in [0.5, 0.6) is 0 Å². The molecule has 29 heavy (non-hydrogen) atoms. The number of aryl methyl sites for hydroxylation is 1. The Hall–Kier alpha value is -2.02. The topological polar surface area (TPSA) is 75.6 Å². The minimum Gasteiger partial charge on any atom is -0.375 e. The number of fused-ring (bicyclic) bond motifs is 1. The second-order valence-electron chi connectivity index (χ2n) is 8.74. The molecule has 1 saturated heterocycles. The third-order valence-electron chi connectivity index (χ3n) is 6.69. The van der Waals surface area contributed by atoms with Crippen molar-refractivity contribution in [2.24, 2.45) is 5.92 Å². The fourth-order valence-electron chi connectivity index (χ4n) is 5.01. The first-order chi connectivity index (χ1) is 14.1. The summed E-state index contributed by atoms with van der Waals surface area (Å²) in [6.45, 7) is 4.25. The number of aromatic nitrogens is 2. The summed E-state index contributed by atoms with van der Waals surface area (Å²) in [6, 6.07) is 0. The first kappa shape index (κ1) is 20.3. The highest BCUT2D eigenvalue weighted by Gasteiger charge is 2.34. The molecule has 158 valence electrons. The van der Waals surface area contributed by atoms with Crippen molar-refractivity contribution >= 4 is 17.6 Å². The van der Waals surface area contributed by atoms with Crippen molar-refractivity contribution in [2.45, 2.75) is 64.2 Å². The monoisotopic (exact) mass is 400 g/mol. The zero-order valence-electron chi connectivity index (χ0n) is 17.7. The van der Waals surface area contributed by atoms with Gasteiger partial charge in [-0.05, 0) is 38.5 Å². The van der Waals surface area contributed by atoms with E-state index in [0.29, 0.717) is 25.4 Å². The van der Waals surface area contributed by atoms with E-state index in [0.717, 1.165) is 42.3 Å². The Morgan fingerprint density at radius 3 is 2.69 bits per heavy atom. The third-order valence-corrected chi connectivity index (χ3v) is 6.69. The molecular formula is C22H32N4O3. The molecule has 2 aliphatic heterocycles. The molecule has 2 fully saturated rings. The number of rotatable bonds is 5. The smallest absolute Gasteiger partial charge is 0.248 e. The van der Waals surface area contributed by atoms with Crippen LogP contribution in [0.2, 0.25) is 0 Å². The van der Waals surface area contributed by atoms with Gasteiger partial charge in [-0.25, -0.2) is 9.97 Å². The van der Waals surface area contributed by atoms with Gasteiger partial charge >= 0.3 is 0 Å². The van der Waals surface area contributed by atoms with Crippen LogP contribution in [0.25, 0.3) is 0 Å². The van der Waals surface area contributed by atoms with Crippen molar-refractivity contribution in [2.75, 3.05) is 38.3 Å². The average Bonchev–Trinajstić information content (AvgIpc) is 3.21. The average molecular weight is 401 g/mol. The molecule has 3 heterocycles. The van der Waals surface area contributed by atoms with Crippen LogP contribution in [0.15, 0.2) is 0 Å². The molecule has 7 nitrogen and oxygen atoms in total. The van der Waals surface area contributed by atoms with Crippen LogP contribution < -0.4 is 4.90 Å². The number of hydrogen-bond acceptors (Lipinski definition) is 5. The first-order valence-electron chi connectivity index (χ1n) is 11.0. The predicted molar refractivity (Wildman–Crippen MR) is 110 cm³/mol. The van der Waals surface area contributed by atoms with Gasteiger partial charge in [-0.1, -0.05) is 19.3 Å². The number of ether oxygens (including phenoxy) is 1. The van der Waals surface area contributed by atoms with Gasteiger partial charge in [0.05, 0.1) is 0 Å².